The van der Waals surface area contributed by atoms with E-state index in [4.69, 9.17) is 10.5 Å². The molecule has 4 N–H and O–H groups in total. The summed E-state index contributed by atoms with van der Waals surface area (Å²) in [6.45, 7) is 5.53. The number of nitrogens with one attached hydrogen (secondary N) is 1. The van der Waals surface area contributed by atoms with Gasteiger partial charge in [-0.1, -0.05) is 26.7 Å². The van der Waals surface area contributed by atoms with E-state index < -0.39 is 18.4 Å². The number of aliphatic hydroxyl groups is 1. The molecule has 0 unspecified atom stereocenters. The molecule has 1 rings (SSSR count). The van der Waals surface area contributed by atoms with E-state index in [1.807, 2.05) is 13.8 Å². The first kappa shape index (κ1) is 18.7. The maximum Gasteiger partial charge on any atom is 0.508 e. The Bertz CT molecular complexity index is 386. The summed E-state index contributed by atoms with van der Waals surface area (Å²) in [5.74, 6) is -0.316. The summed E-state index contributed by atoms with van der Waals surface area (Å²) in [6.07, 6.45) is -0.406. The van der Waals surface area contributed by atoms with Crippen LogP contribution in [0.25, 0.3) is 0 Å². The van der Waals surface area contributed by atoms with Gasteiger partial charge in [-0.25, -0.2) is 4.79 Å². The standard InChI is InChI=1S/C15H28N2O5/c1-5-9(6-2)13(17-8(3)18)12-10(16)7-11(14(12)19)22-15(20)21-4/h9-14,19H,5-7,16H2,1-4H3,(H,17,18)/t10-,11+,12-,13+,14-/m1/s1. The van der Waals surface area contributed by atoms with Crippen LogP contribution in [0.2, 0.25) is 0 Å². The van der Waals surface area contributed by atoms with Crippen LogP contribution in [-0.4, -0.2) is 48.6 Å². The van der Waals surface area contributed by atoms with Gasteiger partial charge >= 0.3 is 6.16 Å². The van der Waals surface area contributed by atoms with E-state index in [9.17, 15) is 14.7 Å². The Morgan fingerprint density at radius 2 is 1.95 bits per heavy atom. The molecule has 0 aromatic carbocycles. The predicted octanol–water partition coefficient (Wildman–Crippen LogP) is 0.787. The number of carbonyl (C=O) groups is 2. The van der Waals surface area contributed by atoms with Gasteiger partial charge in [0, 0.05) is 31.3 Å². The zero-order chi connectivity index (χ0) is 16.9. The SMILES string of the molecule is CCC(CC)[C@H](NC(C)=O)[C@@H]1[C@H](O)[C@@H](OC(=O)OC)C[C@H]1N. The monoisotopic (exact) mass is 316 g/mol. The van der Waals surface area contributed by atoms with Crippen molar-refractivity contribution in [3.05, 3.63) is 0 Å². The van der Waals surface area contributed by atoms with Crippen molar-refractivity contribution in [3.63, 3.8) is 0 Å². The van der Waals surface area contributed by atoms with E-state index in [2.05, 4.69) is 10.1 Å². The van der Waals surface area contributed by atoms with Crippen LogP contribution >= 0.6 is 0 Å². The lowest BCUT2D eigenvalue weighted by molar-refractivity contribution is -0.121. The molecule has 0 radical (unpaired) electrons. The van der Waals surface area contributed by atoms with Crippen molar-refractivity contribution in [2.24, 2.45) is 17.6 Å². The van der Waals surface area contributed by atoms with Crippen LogP contribution in [0, 0.1) is 11.8 Å². The third-order valence-electron chi connectivity index (χ3n) is 4.53. The fourth-order valence-electron chi connectivity index (χ4n) is 3.39. The van der Waals surface area contributed by atoms with E-state index in [0.29, 0.717) is 6.42 Å². The van der Waals surface area contributed by atoms with Gasteiger partial charge < -0.3 is 25.6 Å². The Kier molecular flexibility index (Phi) is 7.09. The lowest BCUT2D eigenvalue weighted by atomic mass is 9.81. The number of hydrogen-bond acceptors (Lipinski definition) is 6. The maximum absolute atomic E-state index is 11.5. The van der Waals surface area contributed by atoms with Crippen LogP contribution in [-0.2, 0) is 14.3 Å². The number of carbonyl (C=O) groups excluding carboxylic acids is 2. The highest BCUT2D eigenvalue weighted by Crippen LogP contribution is 2.34. The molecule has 0 aliphatic heterocycles. The fraction of sp³-hybridized carbons (Fsp3) is 0.867. The summed E-state index contributed by atoms with van der Waals surface area (Å²) in [5, 5.41) is 13.4. The van der Waals surface area contributed by atoms with Gasteiger partial charge in [0.1, 0.15) is 6.10 Å². The Hall–Kier alpha value is -1.34. The number of methoxy groups -OCH3 is 1. The summed E-state index contributed by atoms with van der Waals surface area (Å²) in [5.41, 5.74) is 6.16. The number of amides is 1. The fourth-order valence-corrected chi connectivity index (χ4v) is 3.39. The Labute approximate surface area is 131 Å². The molecule has 1 amide bonds. The van der Waals surface area contributed by atoms with Gasteiger partial charge in [0.2, 0.25) is 5.91 Å². The Morgan fingerprint density at radius 3 is 2.41 bits per heavy atom. The molecule has 5 atom stereocenters. The Balaban J connectivity index is 2.93. The largest absolute Gasteiger partial charge is 0.508 e. The molecule has 0 saturated heterocycles. The summed E-state index contributed by atoms with van der Waals surface area (Å²) in [6, 6.07) is -0.606. The van der Waals surface area contributed by atoms with Crippen molar-refractivity contribution in [3.8, 4) is 0 Å². The summed E-state index contributed by atoms with van der Waals surface area (Å²) in [7, 11) is 1.21. The van der Waals surface area contributed by atoms with E-state index in [1.54, 1.807) is 0 Å². The van der Waals surface area contributed by atoms with E-state index in [1.165, 1.54) is 14.0 Å². The van der Waals surface area contributed by atoms with Crippen LogP contribution < -0.4 is 11.1 Å². The molecule has 1 saturated carbocycles. The minimum atomic E-state index is -0.924. The molecule has 0 aromatic rings. The zero-order valence-electron chi connectivity index (χ0n) is 13.7. The normalized spacial score (nSPS) is 29.2. The number of ether oxygens (including phenoxy) is 2. The van der Waals surface area contributed by atoms with Crippen molar-refractivity contribution >= 4 is 12.1 Å². The van der Waals surface area contributed by atoms with Crippen LogP contribution in [0.15, 0.2) is 0 Å². The van der Waals surface area contributed by atoms with Crippen molar-refractivity contribution < 1.29 is 24.2 Å². The summed E-state index contributed by atoms with van der Waals surface area (Å²) in [4.78, 5) is 22.8. The molecule has 22 heavy (non-hydrogen) atoms. The van der Waals surface area contributed by atoms with Gasteiger partial charge in [-0.2, -0.15) is 0 Å². The van der Waals surface area contributed by atoms with E-state index in [0.717, 1.165) is 12.8 Å². The van der Waals surface area contributed by atoms with Gasteiger partial charge in [0.15, 0.2) is 0 Å². The van der Waals surface area contributed by atoms with E-state index in [-0.39, 0.29) is 29.8 Å². The second kappa shape index (κ2) is 8.33. The second-order valence-corrected chi connectivity index (χ2v) is 5.88. The van der Waals surface area contributed by atoms with Crippen molar-refractivity contribution in [1.82, 2.24) is 5.32 Å². The Morgan fingerprint density at radius 1 is 1.36 bits per heavy atom. The lowest BCUT2D eigenvalue weighted by Crippen LogP contribution is -2.52. The molecular weight excluding hydrogens is 288 g/mol. The van der Waals surface area contributed by atoms with Gasteiger partial charge in [0.25, 0.3) is 0 Å². The van der Waals surface area contributed by atoms with Crippen molar-refractivity contribution in [1.29, 1.82) is 0 Å². The number of hydrogen-bond donors (Lipinski definition) is 3. The third kappa shape index (κ3) is 4.33. The first-order valence-electron chi connectivity index (χ1n) is 7.80. The maximum atomic E-state index is 11.5. The number of nitrogens with two attached hydrogens (primary N) is 1. The molecular formula is C15H28N2O5. The van der Waals surface area contributed by atoms with Crippen LogP contribution in [0.3, 0.4) is 0 Å². The molecule has 7 heteroatoms. The highest BCUT2D eigenvalue weighted by Gasteiger charge is 2.48. The molecule has 1 aliphatic rings. The highest BCUT2D eigenvalue weighted by molar-refractivity contribution is 5.73. The summed E-state index contributed by atoms with van der Waals surface area (Å²) >= 11 is 0. The molecule has 1 fully saturated rings. The van der Waals surface area contributed by atoms with Gasteiger partial charge in [0.05, 0.1) is 13.2 Å². The summed E-state index contributed by atoms with van der Waals surface area (Å²) < 4.78 is 9.53. The average Bonchev–Trinajstić information content (AvgIpc) is 2.73. The van der Waals surface area contributed by atoms with Crippen molar-refractivity contribution in [2.75, 3.05) is 7.11 Å². The van der Waals surface area contributed by atoms with E-state index >= 15 is 0 Å². The first-order valence-corrected chi connectivity index (χ1v) is 7.80. The molecule has 0 bridgehead atoms. The predicted molar refractivity (Wildman–Crippen MR) is 81.0 cm³/mol. The number of rotatable bonds is 6. The quantitative estimate of drug-likeness (QED) is 0.625. The molecule has 1 aliphatic carbocycles. The average molecular weight is 316 g/mol. The van der Waals surface area contributed by atoms with Crippen LogP contribution in [0.5, 0.6) is 0 Å². The minimum Gasteiger partial charge on any atom is -0.438 e. The highest BCUT2D eigenvalue weighted by atomic mass is 16.7. The molecule has 7 nitrogen and oxygen atoms in total. The first-order chi connectivity index (χ1) is 10.3. The third-order valence-corrected chi connectivity index (χ3v) is 4.53. The molecule has 0 aromatic heterocycles. The number of aliphatic hydroxyl groups excluding tert-OH is 1. The molecule has 0 spiro atoms. The van der Waals surface area contributed by atoms with Gasteiger partial charge in [-0.3, -0.25) is 4.79 Å². The zero-order valence-corrected chi connectivity index (χ0v) is 13.7. The topological polar surface area (TPSA) is 111 Å². The van der Waals surface area contributed by atoms with Gasteiger partial charge in [-0.05, 0) is 5.92 Å². The smallest absolute Gasteiger partial charge is 0.438 e. The van der Waals surface area contributed by atoms with Crippen LogP contribution in [0.4, 0.5) is 4.79 Å². The van der Waals surface area contributed by atoms with Gasteiger partial charge in [-0.15, -0.1) is 0 Å². The van der Waals surface area contributed by atoms with Crippen LogP contribution in [0.1, 0.15) is 40.0 Å². The molecule has 128 valence electrons. The second-order valence-electron chi connectivity index (χ2n) is 5.88. The molecule has 0 heterocycles. The lowest BCUT2D eigenvalue weighted by Gasteiger charge is -2.35. The minimum absolute atomic E-state index is 0.159. The van der Waals surface area contributed by atoms with Crippen molar-refractivity contribution in [2.45, 2.75) is 64.3 Å².